The van der Waals surface area contributed by atoms with Gasteiger partial charge in [0.05, 0.1) is 45.0 Å². The molecule has 144 valence electrons. The van der Waals surface area contributed by atoms with Crippen LogP contribution in [0, 0.1) is 0 Å². The molecule has 0 aliphatic carbocycles. The van der Waals surface area contributed by atoms with Crippen molar-refractivity contribution in [2.75, 3.05) is 37.6 Å². The van der Waals surface area contributed by atoms with Gasteiger partial charge < -0.3 is 29.4 Å². The molecule has 1 aliphatic heterocycles. The predicted molar refractivity (Wildman–Crippen MR) is 96.8 cm³/mol. The van der Waals surface area contributed by atoms with Gasteiger partial charge in [-0.1, -0.05) is 0 Å². The lowest BCUT2D eigenvalue weighted by Gasteiger charge is -2.32. The number of alkyl carbamates (subject to hydrolysis) is 1. The summed E-state index contributed by atoms with van der Waals surface area (Å²) in [4.78, 5) is 32.3. The van der Waals surface area contributed by atoms with E-state index in [1.807, 2.05) is 6.07 Å². The van der Waals surface area contributed by atoms with Gasteiger partial charge in [-0.2, -0.15) is 0 Å². The number of amides is 2. The molecule has 0 saturated carbocycles. The second-order valence-electron chi connectivity index (χ2n) is 5.79. The number of methoxy groups -OCH3 is 2. The van der Waals surface area contributed by atoms with Crippen LogP contribution in [0.2, 0.25) is 0 Å². The third kappa shape index (κ3) is 4.40. The summed E-state index contributed by atoms with van der Waals surface area (Å²) in [6, 6.07) is 3.54. The number of carbonyl (C=O) groups is 2. The highest BCUT2D eigenvalue weighted by molar-refractivity contribution is 5.86. The van der Waals surface area contributed by atoms with Crippen LogP contribution in [0.3, 0.4) is 0 Å². The molecule has 2 aromatic rings. The molecule has 10 heteroatoms. The topological polar surface area (TPSA) is 118 Å². The van der Waals surface area contributed by atoms with Gasteiger partial charge in [-0.15, -0.1) is 0 Å². The van der Waals surface area contributed by atoms with Gasteiger partial charge in [-0.05, 0) is 12.1 Å². The number of imidazole rings is 1. The fourth-order valence-corrected chi connectivity index (χ4v) is 2.81. The first-order valence-corrected chi connectivity index (χ1v) is 8.29. The number of anilines is 2. The number of aromatic amines is 1. The molecule has 1 aromatic carbocycles. The van der Waals surface area contributed by atoms with Crippen molar-refractivity contribution in [2.45, 2.75) is 13.1 Å². The number of hydrogen-bond donors (Lipinski definition) is 3. The molecule has 0 saturated heterocycles. The maximum absolute atomic E-state index is 11.6. The quantitative estimate of drug-likeness (QED) is 0.730. The van der Waals surface area contributed by atoms with Gasteiger partial charge in [0.2, 0.25) is 0 Å². The SMILES string of the molecule is COC(=O)NCc1cc(NC(=O)OC)cc2c1OCCN2Cc1cnc[nH]1. The lowest BCUT2D eigenvalue weighted by molar-refractivity contribution is 0.170. The fraction of sp³-hybridized carbons (Fsp3) is 0.353. The molecule has 2 amide bonds. The zero-order valence-corrected chi connectivity index (χ0v) is 15.1. The molecule has 3 N–H and O–H groups in total. The summed E-state index contributed by atoms with van der Waals surface area (Å²) in [5.74, 6) is 0.646. The third-order valence-electron chi connectivity index (χ3n) is 4.05. The second-order valence-corrected chi connectivity index (χ2v) is 5.79. The minimum atomic E-state index is -0.585. The molecular weight excluding hydrogens is 354 g/mol. The molecule has 0 spiro atoms. The van der Waals surface area contributed by atoms with E-state index >= 15 is 0 Å². The number of nitrogens with one attached hydrogen (secondary N) is 3. The number of carbonyl (C=O) groups excluding carboxylic acids is 2. The van der Waals surface area contributed by atoms with Gasteiger partial charge in [-0.25, -0.2) is 14.6 Å². The van der Waals surface area contributed by atoms with Crippen molar-refractivity contribution in [2.24, 2.45) is 0 Å². The van der Waals surface area contributed by atoms with Crippen molar-refractivity contribution in [1.29, 1.82) is 0 Å². The highest BCUT2D eigenvalue weighted by Gasteiger charge is 2.23. The lowest BCUT2D eigenvalue weighted by atomic mass is 10.1. The maximum Gasteiger partial charge on any atom is 0.411 e. The highest BCUT2D eigenvalue weighted by Crippen LogP contribution is 2.38. The van der Waals surface area contributed by atoms with Crippen molar-refractivity contribution >= 4 is 23.6 Å². The summed E-state index contributed by atoms with van der Waals surface area (Å²) < 4.78 is 15.1. The highest BCUT2D eigenvalue weighted by atomic mass is 16.5. The summed E-state index contributed by atoms with van der Waals surface area (Å²) in [6.45, 7) is 1.94. The van der Waals surface area contributed by atoms with Crippen LogP contribution in [0.4, 0.5) is 21.0 Å². The molecule has 0 fully saturated rings. The second kappa shape index (κ2) is 8.30. The predicted octanol–water partition coefficient (Wildman–Crippen LogP) is 1.84. The monoisotopic (exact) mass is 375 g/mol. The molecular formula is C17H21N5O5. The van der Waals surface area contributed by atoms with Crippen molar-refractivity contribution < 1.29 is 23.8 Å². The molecule has 0 bridgehead atoms. The van der Waals surface area contributed by atoms with Crippen LogP contribution in [0.5, 0.6) is 5.75 Å². The van der Waals surface area contributed by atoms with E-state index in [9.17, 15) is 9.59 Å². The third-order valence-corrected chi connectivity index (χ3v) is 4.05. The lowest BCUT2D eigenvalue weighted by Crippen LogP contribution is -2.33. The van der Waals surface area contributed by atoms with Crippen LogP contribution in [0.15, 0.2) is 24.7 Å². The fourth-order valence-electron chi connectivity index (χ4n) is 2.81. The zero-order chi connectivity index (χ0) is 19.2. The summed E-state index contributed by atoms with van der Waals surface area (Å²) in [5, 5.41) is 5.29. The number of fused-ring (bicyclic) bond motifs is 1. The van der Waals surface area contributed by atoms with Crippen LogP contribution in [0.1, 0.15) is 11.3 Å². The Morgan fingerprint density at radius 1 is 1.30 bits per heavy atom. The average molecular weight is 375 g/mol. The number of benzene rings is 1. The standard InChI is InChI=1S/C17H21N5O5/c1-25-16(23)19-7-11-5-12(21-17(24)26-2)6-14-15(11)27-4-3-22(14)9-13-8-18-10-20-13/h5-6,8,10H,3-4,7,9H2,1-2H3,(H,18,20)(H,19,23)(H,21,24). The minimum absolute atomic E-state index is 0.184. The first kappa shape index (κ1) is 18.4. The first-order chi connectivity index (χ1) is 13.1. The van der Waals surface area contributed by atoms with E-state index in [1.165, 1.54) is 14.2 Å². The van der Waals surface area contributed by atoms with Gasteiger partial charge in [0, 0.05) is 24.0 Å². The van der Waals surface area contributed by atoms with E-state index in [-0.39, 0.29) is 6.54 Å². The Balaban J connectivity index is 1.93. The maximum atomic E-state index is 11.6. The smallest absolute Gasteiger partial charge is 0.411 e. The van der Waals surface area contributed by atoms with E-state index in [2.05, 4.69) is 35.0 Å². The molecule has 1 aliphatic rings. The molecule has 27 heavy (non-hydrogen) atoms. The summed E-state index contributed by atoms with van der Waals surface area (Å²) in [6.07, 6.45) is 2.24. The Bertz CT molecular complexity index is 808. The van der Waals surface area contributed by atoms with Crippen LogP contribution < -0.4 is 20.3 Å². The van der Waals surface area contributed by atoms with Crippen molar-refractivity contribution in [3.63, 3.8) is 0 Å². The molecule has 0 atom stereocenters. The van der Waals surface area contributed by atoms with Crippen molar-refractivity contribution in [3.05, 3.63) is 35.9 Å². The van der Waals surface area contributed by atoms with Gasteiger partial charge in [-0.3, -0.25) is 5.32 Å². The number of hydrogen-bond acceptors (Lipinski definition) is 7. The van der Waals surface area contributed by atoms with Gasteiger partial charge in [0.15, 0.2) is 0 Å². The van der Waals surface area contributed by atoms with Crippen molar-refractivity contribution in [3.8, 4) is 5.75 Å². The number of nitrogens with zero attached hydrogens (tertiary/aromatic N) is 2. The Morgan fingerprint density at radius 3 is 2.81 bits per heavy atom. The van der Waals surface area contributed by atoms with Crippen LogP contribution >= 0.6 is 0 Å². The van der Waals surface area contributed by atoms with E-state index in [4.69, 9.17) is 4.74 Å². The molecule has 1 aromatic heterocycles. The number of aromatic nitrogens is 2. The Kier molecular flexibility index (Phi) is 5.64. The minimum Gasteiger partial charge on any atom is -0.489 e. The number of H-pyrrole nitrogens is 1. The van der Waals surface area contributed by atoms with Crippen LogP contribution in [0.25, 0.3) is 0 Å². The van der Waals surface area contributed by atoms with E-state index in [0.717, 1.165) is 11.4 Å². The molecule has 2 heterocycles. The summed E-state index contributed by atoms with van der Waals surface area (Å²) in [7, 11) is 2.59. The van der Waals surface area contributed by atoms with Crippen LogP contribution in [-0.2, 0) is 22.6 Å². The van der Waals surface area contributed by atoms with E-state index < -0.39 is 12.2 Å². The number of rotatable bonds is 5. The largest absolute Gasteiger partial charge is 0.489 e. The van der Waals surface area contributed by atoms with E-state index in [0.29, 0.717) is 36.7 Å². The average Bonchev–Trinajstić information content (AvgIpc) is 3.19. The van der Waals surface area contributed by atoms with Gasteiger partial charge >= 0.3 is 12.2 Å². The van der Waals surface area contributed by atoms with Gasteiger partial charge in [0.25, 0.3) is 0 Å². The Labute approximate surface area is 155 Å². The Hall–Kier alpha value is -3.43. The molecule has 0 unspecified atom stereocenters. The van der Waals surface area contributed by atoms with E-state index in [1.54, 1.807) is 18.6 Å². The normalized spacial score (nSPS) is 12.6. The number of ether oxygens (including phenoxy) is 3. The summed E-state index contributed by atoms with van der Waals surface area (Å²) in [5.41, 5.74) is 2.98. The molecule has 3 rings (SSSR count). The van der Waals surface area contributed by atoms with Crippen molar-refractivity contribution in [1.82, 2.24) is 15.3 Å². The molecule has 10 nitrogen and oxygen atoms in total. The van der Waals surface area contributed by atoms with Gasteiger partial charge in [0.1, 0.15) is 12.4 Å². The molecule has 0 radical (unpaired) electrons. The summed E-state index contributed by atoms with van der Waals surface area (Å²) >= 11 is 0. The zero-order valence-electron chi connectivity index (χ0n) is 15.1. The first-order valence-electron chi connectivity index (χ1n) is 8.29. The Morgan fingerprint density at radius 2 is 2.11 bits per heavy atom. The van der Waals surface area contributed by atoms with Crippen LogP contribution in [-0.4, -0.2) is 49.5 Å².